The van der Waals surface area contributed by atoms with E-state index in [1.165, 1.54) is 0 Å². The number of nitrogens with zero attached hydrogens (tertiary/aromatic N) is 1. The normalized spacial score (nSPS) is 10.8. The number of rotatable bonds is 5. The van der Waals surface area contributed by atoms with Gasteiger partial charge in [0, 0.05) is 16.8 Å². The van der Waals surface area contributed by atoms with Gasteiger partial charge in [0.1, 0.15) is 5.01 Å². The Morgan fingerprint density at radius 3 is 2.52 bits per heavy atom. The molecule has 116 valence electrons. The molecule has 2 N–H and O–H groups in total. The zero-order valence-corrected chi connectivity index (χ0v) is 14.3. The Kier molecular flexibility index (Phi) is 9.01. The lowest BCUT2D eigenvalue weighted by Gasteiger charge is -2.12. The minimum atomic E-state index is -0.0521. The number of carbonyl (C=O) groups excluding carboxylic acids is 1. The molecule has 4 nitrogen and oxygen atoms in total. The van der Waals surface area contributed by atoms with Crippen molar-refractivity contribution in [2.24, 2.45) is 0 Å². The first kappa shape index (κ1) is 19.7. The molecule has 2 aromatic rings. The van der Waals surface area contributed by atoms with E-state index in [1.807, 2.05) is 50.4 Å². The Balaban J connectivity index is 0.00000200. The number of amides is 1. The molecular weight excluding hydrogens is 329 g/mol. The molecule has 0 saturated heterocycles. The summed E-state index contributed by atoms with van der Waals surface area (Å²) in [5.41, 5.74) is 0.940. The summed E-state index contributed by atoms with van der Waals surface area (Å²) in [7, 11) is 0. The molecule has 0 bridgehead atoms. The molecule has 0 saturated carbocycles. The highest BCUT2D eigenvalue weighted by molar-refractivity contribution is 7.11. The number of aromatic nitrogens is 1. The molecular formula is C14H19Cl2N3OS. The quantitative estimate of drug-likeness (QED) is 0.868. The maximum atomic E-state index is 11.8. The molecule has 0 radical (unpaired) electrons. The molecule has 0 aliphatic heterocycles. The first-order chi connectivity index (χ1) is 9.15. The number of para-hydroxylation sites is 1. The number of thiazole rings is 1. The average Bonchev–Trinajstić information content (AvgIpc) is 2.84. The second-order valence-electron chi connectivity index (χ2n) is 4.32. The second kappa shape index (κ2) is 9.60. The third-order valence-electron chi connectivity index (χ3n) is 2.61. The zero-order chi connectivity index (χ0) is 13.7. The van der Waals surface area contributed by atoms with Crippen molar-refractivity contribution in [1.29, 1.82) is 0 Å². The minimum Gasteiger partial charge on any atom is -0.376 e. The number of hydrogen-bond donors (Lipinski definition) is 2. The fourth-order valence-electron chi connectivity index (χ4n) is 1.66. The molecule has 1 amide bonds. The summed E-state index contributed by atoms with van der Waals surface area (Å²) in [6, 6.07) is 9.62. The third-order valence-corrected chi connectivity index (χ3v) is 3.71. The average molecular weight is 348 g/mol. The van der Waals surface area contributed by atoms with Crippen LogP contribution in [0, 0.1) is 6.92 Å². The van der Waals surface area contributed by atoms with Crippen molar-refractivity contribution in [2.75, 3.05) is 11.9 Å². The highest BCUT2D eigenvalue weighted by atomic mass is 35.5. The van der Waals surface area contributed by atoms with E-state index in [9.17, 15) is 4.79 Å². The lowest BCUT2D eigenvalue weighted by Crippen LogP contribution is -2.32. The van der Waals surface area contributed by atoms with E-state index in [2.05, 4.69) is 15.6 Å². The topological polar surface area (TPSA) is 54.0 Å². The molecule has 1 unspecified atom stereocenters. The Morgan fingerprint density at radius 2 is 1.95 bits per heavy atom. The van der Waals surface area contributed by atoms with Crippen LogP contribution >= 0.6 is 36.2 Å². The van der Waals surface area contributed by atoms with Gasteiger partial charge in [-0.05, 0) is 26.0 Å². The molecule has 21 heavy (non-hydrogen) atoms. The number of benzene rings is 1. The van der Waals surface area contributed by atoms with Gasteiger partial charge >= 0.3 is 0 Å². The van der Waals surface area contributed by atoms with E-state index in [0.29, 0.717) is 0 Å². The van der Waals surface area contributed by atoms with E-state index in [-0.39, 0.29) is 43.3 Å². The lowest BCUT2D eigenvalue weighted by atomic mass is 10.3. The second-order valence-corrected chi connectivity index (χ2v) is 5.58. The fourth-order valence-corrected chi connectivity index (χ4v) is 2.44. The van der Waals surface area contributed by atoms with Crippen LogP contribution in [0.5, 0.6) is 0 Å². The van der Waals surface area contributed by atoms with Crippen molar-refractivity contribution >= 4 is 47.7 Å². The summed E-state index contributed by atoms with van der Waals surface area (Å²) in [5.74, 6) is -0.0378. The smallest absolute Gasteiger partial charge is 0.239 e. The maximum Gasteiger partial charge on any atom is 0.239 e. The molecule has 0 fully saturated rings. The monoisotopic (exact) mass is 347 g/mol. The molecule has 1 atom stereocenters. The summed E-state index contributed by atoms with van der Waals surface area (Å²) in [6.45, 7) is 4.21. The standard InChI is InChI=1S/C14H17N3OS.2ClH/c1-10-8-16-14(19-10)11(2)17-13(18)9-15-12-6-4-3-5-7-12;;/h3-8,11,15H,9H2,1-2H3,(H,17,18);2*1H. The van der Waals surface area contributed by atoms with E-state index in [0.717, 1.165) is 15.6 Å². The minimum absolute atomic E-state index is 0. The Labute approximate surface area is 141 Å². The van der Waals surface area contributed by atoms with Crippen LogP contribution in [0.15, 0.2) is 36.5 Å². The first-order valence-corrected chi connectivity index (χ1v) is 6.97. The van der Waals surface area contributed by atoms with Crippen molar-refractivity contribution in [3.63, 3.8) is 0 Å². The summed E-state index contributed by atoms with van der Waals surface area (Å²) in [4.78, 5) is 17.2. The molecule has 0 aliphatic carbocycles. The van der Waals surface area contributed by atoms with Gasteiger partial charge < -0.3 is 10.6 Å². The van der Waals surface area contributed by atoms with Crippen molar-refractivity contribution in [2.45, 2.75) is 19.9 Å². The van der Waals surface area contributed by atoms with Gasteiger partial charge in [-0.2, -0.15) is 0 Å². The summed E-state index contributed by atoms with van der Waals surface area (Å²) >= 11 is 1.61. The van der Waals surface area contributed by atoms with Crippen LogP contribution in [-0.2, 0) is 4.79 Å². The SMILES string of the molecule is Cc1cnc(C(C)NC(=O)CNc2ccccc2)s1.Cl.Cl. The number of aryl methyl sites for hydroxylation is 1. The van der Waals surface area contributed by atoms with E-state index < -0.39 is 0 Å². The van der Waals surface area contributed by atoms with Gasteiger partial charge in [0.25, 0.3) is 0 Å². The maximum absolute atomic E-state index is 11.8. The van der Waals surface area contributed by atoms with Crippen LogP contribution < -0.4 is 10.6 Å². The van der Waals surface area contributed by atoms with Gasteiger partial charge in [-0.3, -0.25) is 4.79 Å². The van der Waals surface area contributed by atoms with E-state index in [4.69, 9.17) is 0 Å². The van der Waals surface area contributed by atoms with Gasteiger partial charge in [-0.15, -0.1) is 36.2 Å². The fraction of sp³-hybridized carbons (Fsp3) is 0.286. The number of halogens is 2. The van der Waals surface area contributed by atoms with E-state index >= 15 is 0 Å². The van der Waals surface area contributed by atoms with Crippen LogP contribution in [0.1, 0.15) is 22.9 Å². The number of anilines is 1. The Bertz CT molecular complexity index is 548. The molecule has 1 aromatic heterocycles. The predicted octanol–water partition coefficient (Wildman–Crippen LogP) is 3.58. The Hall–Kier alpha value is -1.30. The van der Waals surface area contributed by atoms with Crippen LogP contribution in [0.25, 0.3) is 0 Å². The molecule has 1 heterocycles. The van der Waals surface area contributed by atoms with Gasteiger partial charge in [0.05, 0.1) is 12.6 Å². The molecule has 1 aromatic carbocycles. The number of carbonyl (C=O) groups is 1. The lowest BCUT2D eigenvalue weighted by molar-refractivity contribution is -0.120. The predicted molar refractivity (Wildman–Crippen MR) is 92.8 cm³/mol. The van der Waals surface area contributed by atoms with Crippen molar-refractivity contribution < 1.29 is 4.79 Å². The molecule has 0 spiro atoms. The van der Waals surface area contributed by atoms with Gasteiger partial charge in [-0.25, -0.2) is 4.98 Å². The first-order valence-electron chi connectivity index (χ1n) is 6.16. The number of hydrogen-bond acceptors (Lipinski definition) is 4. The summed E-state index contributed by atoms with van der Waals surface area (Å²) < 4.78 is 0. The van der Waals surface area contributed by atoms with Gasteiger partial charge in [0.15, 0.2) is 0 Å². The summed E-state index contributed by atoms with van der Waals surface area (Å²) in [5, 5.41) is 6.94. The molecule has 7 heteroatoms. The van der Waals surface area contributed by atoms with Crippen LogP contribution in [0.4, 0.5) is 5.69 Å². The molecule has 0 aliphatic rings. The van der Waals surface area contributed by atoms with Crippen molar-refractivity contribution in [3.05, 3.63) is 46.4 Å². The zero-order valence-electron chi connectivity index (χ0n) is 11.8. The van der Waals surface area contributed by atoms with Gasteiger partial charge in [-0.1, -0.05) is 18.2 Å². The van der Waals surface area contributed by atoms with Crippen molar-refractivity contribution in [3.8, 4) is 0 Å². The largest absolute Gasteiger partial charge is 0.376 e. The number of nitrogens with one attached hydrogen (secondary N) is 2. The van der Waals surface area contributed by atoms with Crippen LogP contribution in [0.3, 0.4) is 0 Å². The highest BCUT2D eigenvalue weighted by Gasteiger charge is 2.12. The van der Waals surface area contributed by atoms with Crippen molar-refractivity contribution in [1.82, 2.24) is 10.3 Å². The van der Waals surface area contributed by atoms with Crippen LogP contribution in [0.2, 0.25) is 0 Å². The Morgan fingerprint density at radius 1 is 1.29 bits per heavy atom. The molecule has 2 rings (SSSR count). The van der Waals surface area contributed by atoms with Gasteiger partial charge in [0.2, 0.25) is 5.91 Å². The van der Waals surface area contributed by atoms with Crippen LogP contribution in [-0.4, -0.2) is 17.4 Å². The summed E-state index contributed by atoms with van der Waals surface area (Å²) in [6.07, 6.45) is 1.82. The van der Waals surface area contributed by atoms with E-state index in [1.54, 1.807) is 11.3 Å². The third kappa shape index (κ3) is 6.33. The highest BCUT2D eigenvalue weighted by Crippen LogP contribution is 2.18.